The average Bonchev–Trinajstić information content (AvgIpc) is 3.61. The molecular weight excluding hydrogens is 831 g/mol. The van der Waals surface area contributed by atoms with Crippen LogP contribution >= 0.6 is 0 Å². The number of aryl methyl sites for hydroxylation is 2. The number of allylic oxidation sites excluding steroid dienone is 4. The molecule has 0 bridgehead atoms. The molecule has 4 aromatic rings. The van der Waals surface area contributed by atoms with E-state index in [2.05, 4.69) is 151 Å². The van der Waals surface area contributed by atoms with E-state index < -0.39 is 0 Å². The Morgan fingerprint density at radius 3 is 1.22 bits per heavy atom. The Morgan fingerprint density at radius 1 is 0.415 bits per heavy atom. The number of benzene rings is 4. The molecule has 0 spiro atoms. The van der Waals surface area contributed by atoms with Crippen molar-refractivity contribution in [2.24, 2.45) is 0 Å². The van der Waals surface area contributed by atoms with E-state index in [4.69, 9.17) is 0 Å². The number of unbranched alkanes of at least 4 members (excludes halogenated alkanes) is 14. The Hall–Kier alpha value is -4.07. The molecule has 0 radical (unpaired) electrons. The Kier molecular flexibility index (Phi) is 26.8. The first-order valence-electron chi connectivity index (χ1n) is 26.2. The molecule has 0 aromatic heterocycles. The van der Waals surface area contributed by atoms with Gasteiger partial charge in [0.25, 0.3) is 0 Å². The first kappa shape index (κ1) is 53.5. The van der Waals surface area contributed by atoms with E-state index in [0.717, 1.165) is 81.2 Å². The molecule has 0 saturated heterocycles. The van der Waals surface area contributed by atoms with Crippen LogP contribution in [0.25, 0.3) is 29.1 Å². The Balaban J connectivity index is 0.000000602. The van der Waals surface area contributed by atoms with Gasteiger partial charge in [0, 0.05) is 22.3 Å². The normalized spacial score (nSPS) is 12.9. The zero-order chi connectivity index (χ0) is 46.3. The summed E-state index contributed by atoms with van der Waals surface area (Å²) in [5.74, 6) is 0. The van der Waals surface area contributed by atoms with Crippen LogP contribution in [-0.2, 0) is 27.3 Å². The Bertz CT molecular complexity index is 1960. The number of hydrogen-bond acceptors (Lipinski definition) is 0. The summed E-state index contributed by atoms with van der Waals surface area (Å²) in [7, 11) is 0. The minimum absolute atomic E-state index is 0.990. The van der Waals surface area contributed by atoms with Crippen molar-refractivity contribution < 1.29 is 19.1 Å². The van der Waals surface area contributed by atoms with Gasteiger partial charge in [-0.2, -0.15) is 0 Å². The second-order valence-corrected chi connectivity index (χ2v) is 19.5. The molecule has 1 aliphatic heterocycles. The van der Waals surface area contributed by atoms with Gasteiger partial charge in [0.05, 0.1) is 0 Å². The second kappa shape index (κ2) is 32.6. The quantitative estimate of drug-likeness (QED) is 0.0283. The predicted octanol–water partition coefficient (Wildman–Crippen LogP) is 18.4. The van der Waals surface area contributed by atoms with E-state index >= 15 is 0 Å². The summed E-state index contributed by atoms with van der Waals surface area (Å²) in [4.78, 5) is 0. The second-order valence-electron chi connectivity index (χ2n) is 18.1. The Morgan fingerprint density at radius 2 is 0.800 bits per heavy atom. The average molecular weight is 918 g/mol. The maximum atomic E-state index is 12.5. The minimum atomic E-state index is 0.990. The van der Waals surface area contributed by atoms with Gasteiger partial charge in [-0.1, -0.05) is 149 Å². The first-order valence-corrected chi connectivity index (χ1v) is 27.2. The van der Waals surface area contributed by atoms with E-state index in [1.54, 1.807) is 19.1 Å². The summed E-state index contributed by atoms with van der Waals surface area (Å²) in [6.07, 6.45) is 38.2. The third-order valence-corrected chi connectivity index (χ3v) is 13.5. The zero-order valence-electron chi connectivity index (χ0n) is 41.7. The summed E-state index contributed by atoms with van der Waals surface area (Å²) >= 11 is 1.60. The van der Waals surface area contributed by atoms with Gasteiger partial charge in [0.1, 0.15) is 0 Å². The summed E-state index contributed by atoms with van der Waals surface area (Å²) in [5.41, 5.74) is 24.9. The van der Waals surface area contributed by atoms with Crippen LogP contribution < -0.4 is 9.07 Å². The molecular formula is C62H86N2Ni. The van der Waals surface area contributed by atoms with Crippen LogP contribution in [0.5, 0.6) is 0 Å². The van der Waals surface area contributed by atoms with Gasteiger partial charge in [0.2, 0.25) is 11.4 Å². The van der Waals surface area contributed by atoms with Gasteiger partial charge < -0.3 is 5.53 Å². The summed E-state index contributed by atoms with van der Waals surface area (Å²) in [5, 5.41) is 0. The molecule has 0 amide bonds. The van der Waals surface area contributed by atoms with Gasteiger partial charge in [-0.3, -0.25) is 0 Å². The van der Waals surface area contributed by atoms with Gasteiger partial charge >= 0.3 is 84.2 Å². The van der Waals surface area contributed by atoms with Crippen molar-refractivity contribution >= 4 is 32.6 Å². The topological polar surface area (TPSA) is 25.3 Å². The predicted molar refractivity (Wildman–Crippen MR) is 284 cm³/mol. The van der Waals surface area contributed by atoms with Crippen LogP contribution in [0.2, 0.25) is 0 Å². The molecule has 0 saturated carbocycles. The zero-order valence-corrected chi connectivity index (χ0v) is 42.7. The van der Waals surface area contributed by atoms with Crippen molar-refractivity contribution in [2.45, 2.75) is 196 Å². The molecule has 0 aliphatic carbocycles. The van der Waals surface area contributed by atoms with E-state index in [1.807, 2.05) is 12.1 Å². The van der Waals surface area contributed by atoms with Crippen LogP contribution in [0.4, 0.5) is 0 Å². The fraction of sp³-hybridized carbons (Fsp3) is 0.484. The summed E-state index contributed by atoms with van der Waals surface area (Å²) < 4.78 is 4.23. The molecule has 5 rings (SSSR count). The number of rotatable bonds is 30. The van der Waals surface area contributed by atoms with Gasteiger partial charge in [0.15, 0.2) is 0 Å². The molecule has 2 nitrogen and oxygen atoms in total. The van der Waals surface area contributed by atoms with Gasteiger partial charge in [-0.05, 0) is 130 Å². The fourth-order valence-corrected chi connectivity index (χ4v) is 9.67. The Labute approximate surface area is 404 Å². The summed E-state index contributed by atoms with van der Waals surface area (Å²) in [6, 6.07) is 35.1. The van der Waals surface area contributed by atoms with Gasteiger partial charge in [-0.15, -0.1) is 0 Å². The molecule has 0 fully saturated rings. The van der Waals surface area contributed by atoms with Crippen molar-refractivity contribution in [1.29, 1.82) is 0 Å². The van der Waals surface area contributed by atoms with Crippen molar-refractivity contribution in [1.82, 2.24) is 0 Å². The third-order valence-electron chi connectivity index (χ3n) is 12.3. The molecule has 1 aliphatic rings. The molecule has 4 aromatic carbocycles. The molecule has 0 unspecified atom stereocenters. The van der Waals surface area contributed by atoms with Crippen molar-refractivity contribution in [3.63, 3.8) is 0 Å². The summed E-state index contributed by atoms with van der Waals surface area (Å²) in [6.45, 7) is 13.7. The third kappa shape index (κ3) is 19.4. The van der Waals surface area contributed by atoms with Crippen molar-refractivity contribution in [3.8, 4) is 0 Å². The van der Waals surface area contributed by atoms with E-state index in [-0.39, 0.29) is 0 Å². The molecule has 0 atom stereocenters. The molecule has 1 heterocycles. The number of nitrogens with zero attached hydrogens (tertiary/aromatic N) is 2. The van der Waals surface area contributed by atoms with Crippen LogP contribution in [0.3, 0.4) is 0 Å². The van der Waals surface area contributed by atoms with E-state index in [9.17, 15) is 5.53 Å². The number of hydrogen-bond donors (Lipinski definition) is 0. The van der Waals surface area contributed by atoms with Gasteiger partial charge in [-0.25, -0.2) is 4.70 Å². The first-order chi connectivity index (χ1) is 32.0. The van der Waals surface area contributed by atoms with Crippen LogP contribution in [0.1, 0.15) is 216 Å². The van der Waals surface area contributed by atoms with Crippen molar-refractivity contribution in [3.05, 3.63) is 159 Å². The van der Waals surface area contributed by atoms with Crippen molar-refractivity contribution in [2.75, 3.05) is 0 Å². The molecule has 354 valence electrons. The van der Waals surface area contributed by atoms with E-state index in [1.165, 1.54) is 138 Å². The molecule has 65 heavy (non-hydrogen) atoms. The molecule has 0 N–H and O–H groups in total. The molecule has 3 heteroatoms. The van der Waals surface area contributed by atoms with Crippen LogP contribution in [0.15, 0.2) is 120 Å². The SMILES string of the molecule is CCCCCCCC=Cc1cc(C=CCCCCCCC)cc(C2=C(CCCC)C(CCCC)=C(c3cc(CCCC)cc(CCCC)c3)[N+]2=[N-])c1.c1cc[c]([Ni][c]2ccccc2)cc1. The van der Waals surface area contributed by atoms with Crippen LogP contribution in [0, 0.1) is 0 Å². The van der Waals surface area contributed by atoms with Crippen LogP contribution in [-0.4, -0.2) is 4.70 Å². The standard InChI is InChI=1S/C50H76N2.2C6H5.Ni/c1-7-13-19-21-23-25-27-31-43-36-44(32-28-26-24-22-20-14-8-2)40-46(39-43)50-48(34-18-12-6)47(33-17-11-5)49(52(50)51)45-37-41(29-15-9-3)35-42(38-45)30-16-10-4;2*1-2-4-6-5-3-1;/h27-28,31-32,35-40H,7-26,29-30,33-34H2,1-6H3;2*1-5H;. The maximum absolute atomic E-state index is 12.5. The van der Waals surface area contributed by atoms with E-state index in [0.29, 0.717) is 0 Å². The fourth-order valence-electron chi connectivity index (χ4n) is 8.63. The monoisotopic (exact) mass is 917 g/mol.